The second-order valence-corrected chi connectivity index (χ2v) is 15.1. The van der Waals surface area contributed by atoms with Gasteiger partial charge in [0.05, 0.1) is 11.3 Å². The summed E-state index contributed by atoms with van der Waals surface area (Å²) in [7, 11) is 2.11. The number of thiophene rings is 1. The number of likely N-dealkylation sites (N-methyl/N-ethyl adjacent to an activating group) is 1. The van der Waals surface area contributed by atoms with Crippen molar-refractivity contribution in [1.29, 1.82) is 5.26 Å². The minimum Gasteiger partial charge on any atom is -0.459 e. The summed E-state index contributed by atoms with van der Waals surface area (Å²) in [5.41, 5.74) is 10.0. The maximum atomic E-state index is 13.9. The van der Waals surface area contributed by atoms with Crippen molar-refractivity contribution in [1.82, 2.24) is 24.9 Å². The van der Waals surface area contributed by atoms with Crippen LogP contribution in [0.3, 0.4) is 0 Å². The molecule has 3 aromatic heterocycles. The molecule has 254 valence electrons. The smallest absolute Gasteiger partial charge is 0.319 e. The molecule has 5 heterocycles. The third-order valence-corrected chi connectivity index (χ3v) is 12.0. The largest absolute Gasteiger partial charge is 0.459 e. The van der Waals surface area contributed by atoms with Crippen molar-refractivity contribution < 1.29 is 18.4 Å². The number of likely N-dealkylation sites (tertiary alicyclic amines) is 1. The summed E-state index contributed by atoms with van der Waals surface area (Å²) < 4.78 is 26.6. The van der Waals surface area contributed by atoms with Gasteiger partial charge in [-0.1, -0.05) is 11.7 Å². The first-order valence-corrected chi connectivity index (χ1v) is 17.8. The number of nitrogens with zero attached hydrogens (tertiary/aromatic N) is 7. The molecule has 2 aliphatic carbocycles. The summed E-state index contributed by atoms with van der Waals surface area (Å²) in [5.74, 6) is -0.421. The van der Waals surface area contributed by atoms with Gasteiger partial charge in [-0.05, 0) is 91.3 Å². The number of ether oxygens (including phenoxy) is 1. The molecule has 11 nitrogen and oxygen atoms in total. The van der Waals surface area contributed by atoms with Gasteiger partial charge in [-0.25, -0.2) is 4.39 Å². The van der Waals surface area contributed by atoms with E-state index in [2.05, 4.69) is 36.4 Å². The van der Waals surface area contributed by atoms with Gasteiger partial charge in [-0.2, -0.15) is 15.2 Å². The number of hydrogen-bond donors (Lipinski definition) is 1. The third kappa shape index (κ3) is 5.33. The number of halogens is 1. The average Bonchev–Trinajstić information content (AvgIpc) is 3.77. The lowest BCUT2D eigenvalue weighted by atomic mass is 9.62. The Labute approximate surface area is 284 Å². The number of rotatable bonds is 6. The number of nitrogens with two attached hydrogens (primary N) is 1. The number of nitrogen functional groups attached to an aromatic ring is 1. The first-order chi connectivity index (χ1) is 23.0. The van der Waals surface area contributed by atoms with Gasteiger partial charge in [0.25, 0.3) is 5.91 Å². The summed E-state index contributed by atoms with van der Waals surface area (Å²) in [6.07, 6.45) is 7.34. The number of anilines is 2. The Balaban J connectivity index is 1.29. The molecule has 0 radical (unpaired) electrons. The van der Waals surface area contributed by atoms with E-state index in [9.17, 15) is 14.4 Å². The molecule has 48 heavy (non-hydrogen) atoms. The topological polar surface area (TPSA) is 138 Å². The highest BCUT2D eigenvalue weighted by Gasteiger charge is 2.48. The predicted molar refractivity (Wildman–Crippen MR) is 182 cm³/mol. The predicted octanol–water partition coefficient (Wildman–Crippen LogP) is 5.38. The van der Waals surface area contributed by atoms with Crippen molar-refractivity contribution in [2.45, 2.75) is 102 Å². The molecule has 0 unspecified atom stereocenters. The molecule has 0 saturated carbocycles. The van der Waals surface area contributed by atoms with Gasteiger partial charge in [-0.15, -0.1) is 11.3 Å². The van der Waals surface area contributed by atoms with Crippen molar-refractivity contribution in [3.05, 3.63) is 45.7 Å². The molecule has 2 aliphatic heterocycles. The lowest BCUT2D eigenvalue weighted by molar-refractivity contribution is -0.133. The van der Waals surface area contributed by atoms with Crippen LogP contribution in [-0.4, -0.2) is 81.7 Å². The summed E-state index contributed by atoms with van der Waals surface area (Å²) in [6.45, 7) is 11.0. The van der Waals surface area contributed by atoms with E-state index < -0.39 is 17.1 Å². The van der Waals surface area contributed by atoms with Crippen LogP contribution in [0.25, 0.3) is 11.5 Å². The Morgan fingerprint density at radius 1 is 1.23 bits per heavy atom. The van der Waals surface area contributed by atoms with Crippen molar-refractivity contribution in [2.75, 3.05) is 37.3 Å². The van der Waals surface area contributed by atoms with Gasteiger partial charge in [0.15, 0.2) is 11.6 Å². The van der Waals surface area contributed by atoms with Crippen LogP contribution >= 0.6 is 11.3 Å². The van der Waals surface area contributed by atoms with Gasteiger partial charge in [-0.3, -0.25) is 9.69 Å². The summed E-state index contributed by atoms with van der Waals surface area (Å²) >= 11 is 1.53. The van der Waals surface area contributed by atoms with Crippen LogP contribution in [0.2, 0.25) is 0 Å². The lowest BCUT2D eigenvalue weighted by Crippen LogP contribution is -2.59. The SMILES string of the molecule is C=C(F)C(=O)N1[C@@H](C)CN(c2cc(-c3onc4c3CCC[C@@]43CCCc4sc(N)c(C#N)c43)nc(O[C@@H](C)[C@@H]3CCCN3C)n2)C[C@@H]1C. The minimum atomic E-state index is -0.960. The molecule has 0 aromatic carbocycles. The highest BCUT2D eigenvalue weighted by Crippen LogP contribution is 2.55. The zero-order valence-corrected chi connectivity index (χ0v) is 28.9. The molecule has 1 amide bonds. The number of carbonyl (C=O) groups excluding carboxylic acids is 1. The Kier molecular flexibility index (Phi) is 8.44. The number of carbonyl (C=O) groups is 1. The lowest BCUT2D eigenvalue weighted by Gasteiger charge is -2.44. The summed E-state index contributed by atoms with van der Waals surface area (Å²) in [4.78, 5) is 29.6. The molecule has 4 aliphatic rings. The first kappa shape index (κ1) is 32.5. The zero-order chi connectivity index (χ0) is 33.9. The molecule has 2 saturated heterocycles. The second kappa shape index (κ2) is 12.5. The van der Waals surface area contributed by atoms with Crippen molar-refractivity contribution in [2.24, 2.45) is 0 Å². The number of aryl methyl sites for hydroxylation is 1. The second-order valence-electron chi connectivity index (χ2n) is 14.0. The summed E-state index contributed by atoms with van der Waals surface area (Å²) in [6, 6.07) is 4.23. The molecule has 2 N–H and O–H groups in total. The summed E-state index contributed by atoms with van der Waals surface area (Å²) in [5, 5.41) is 15.4. The van der Waals surface area contributed by atoms with E-state index in [0.29, 0.717) is 40.9 Å². The highest BCUT2D eigenvalue weighted by molar-refractivity contribution is 7.16. The van der Waals surface area contributed by atoms with E-state index >= 15 is 0 Å². The number of nitriles is 1. The number of fused-ring (bicyclic) bond motifs is 4. The number of hydrogen-bond acceptors (Lipinski definition) is 11. The van der Waals surface area contributed by atoms with Crippen LogP contribution in [0.4, 0.5) is 15.2 Å². The van der Waals surface area contributed by atoms with Crippen LogP contribution in [-0.2, 0) is 23.1 Å². The molecule has 7 rings (SSSR count). The van der Waals surface area contributed by atoms with E-state index in [1.165, 1.54) is 16.2 Å². The fourth-order valence-electron chi connectivity index (χ4n) is 8.83. The Morgan fingerprint density at radius 2 is 1.96 bits per heavy atom. The average molecular weight is 675 g/mol. The van der Waals surface area contributed by atoms with Crippen molar-refractivity contribution >= 4 is 28.1 Å². The molecular weight excluding hydrogens is 632 g/mol. The first-order valence-electron chi connectivity index (χ1n) is 17.0. The van der Waals surface area contributed by atoms with E-state index in [1.54, 1.807) is 4.90 Å². The Hall–Kier alpha value is -4.02. The standard InChI is InChI=1S/C35H43FN8O3S/c1-19-17-43(18-20(2)44(19)33(45)21(3)36)28-15-25(39-34(40-28)46-22(4)26-10-8-14-42(26)5)30-23-9-6-12-35(31(23)41-47-30)13-7-11-27-29(35)24(16-37)32(38)48-27/h15,19-20,22,26H,3,6-14,17-18,38H2,1-2,4-5H3/t19-,20-,22-,26-,35-/m0/s1. The molecule has 5 atom stereocenters. The van der Waals surface area contributed by atoms with Crippen LogP contribution in [0.5, 0.6) is 6.01 Å². The quantitative estimate of drug-likeness (QED) is 0.340. The van der Waals surface area contributed by atoms with Crippen LogP contribution in [0.1, 0.15) is 86.6 Å². The minimum absolute atomic E-state index is 0.149. The zero-order valence-electron chi connectivity index (χ0n) is 28.1. The number of amides is 1. The number of piperazine rings is 1. The molecule has 3 aromatic rings. The van der Waals surface area contributed by atoms with Crippen molar-refractivity contribution in [3.63, 3.8) is 0 Å². The maximum Gasteiger partial charge on any atom is 0.319 e. The van der Waals surface area contributed by atoms with Crippen LogP contribution < -0.4 is 15.4 Å². The highest BCUT2D eigenvalue weighted by atomic mass is 32.1. The molecule has 1 spiro atoms. The number of aromatic nitrogens is 3. The van der Waals surface area contributed by atoms with Gasteiger partial charge in [0.1, 0.15) is 28.7 Å². The monoisotopic (exact) mass is 674 g/mol. The van der Waals surface area contributed by atoms with E-state index in [1.807, 2.05) is 19.9 Å². The van der Waals surface area contributed by atoms with Gasteiger partial charge in [0, 0.05) is 53.1 Å². The fraction of sp³-hybridized carbons (Fsp3) is 0.571. The van der Waals surface area contributed by atoms with E-state index in [-0.39, 0.29) is 30.2 Å². The Bertz CT molecular complexity index is 1780. The normalized spacial score (nSPS) is 26.2. The maximum absolute atomic E-state index is 13.9. The third-order valence-electron chi connectivity index (χ3n) is 10.9. The van der Waals surface area contributed by atoms with E-state index in [4.69, 9.17) is 30.1 Å². The van der Waals surface area contributed by atoms with Gasteiger partial charge < -0.3 is 24.8 Å². The van der Waals surface area contributed by atoms with Gasteiger partial charge >= 0.3 is 6.01 Å². The van der Waals surface area contributed by atoms with Crippen LogP contribution in [0.15, 0.2) is 23.0 Å². The molecular formula is C35H43FN8O3S. The molecule has 2 fully saturated rings. The molecule has 0 bridgehead atoms. The Morgan fingerprint density at radius 3 is 2.62 bits per heavy atom. The molecule has 13 heteroatoms. The van der Waals surface area contributed by atoms with Crippen molar-refractivity contribution in [3.8, 4) is 23.5 Å². The fourth-order valence-corrected chi connectivity index (χ4v) is 9.99. The van der Waals surface area contributed by atoms with E-state index in [0.717, 1.165) is 74.7 Å². The van der Waals surface area contributed by atoms with Gasteiger partial charge in [0.2, 0.25) is 0 Å². The van der Waals surface area contributed by atoms with Crippen LogP contribution in [0, 0.1) is 11.3 Å².